The molecule has 0 aliphatic rings. The van der Waals surface area contributed by atoms with Crippen molar-refractivity contribution in [2.24, 2.45) is 0 Å². The third kappa shape index (κ3) is 4.96. The van der Waals surface area contributed by atoms with Gasteiger partial charge in [0.2, 0.25) is 0 Å². The van der Waals surface area contributed by atoms with E-state index in [1.54, 1.807) is 0 Å². The van der Waals surface area contributed by atoms with Crippen LogP contribution in [0.1, 0.15) is 28.7 Å². The lowest BCUT2D eigenvalue weighted by Crippen LogP contribution is -2.19. The molecule has 0 aliphatic carbocycles. The molecule has 3 aromatic rings. The SMILES string of the molecule is Cc1[nH]c(C(Nc2ncc(F)cc2C(F)(F)F)c2ccc(F)c(Cl)c2)nc1S(C)(=O)=O. The van der Waals surface area contributed by atoms with Crippen molar-refractivity contribution in [3.05, 3.63) is 69.8 Å². The number of imidazole rings is 1. The van der Waals surface area contributed by atoms with Gasteiger partial charge in [0.15, 0.2) is 14.9 Å². The van der Waals surface area contributed by atoms with E-state index in [0.29, 0.717) is 6.20 Å². The number of pyridine rings is 1. The number of hydrogen-bond donors (Lipinski definition) is 2. The summed E-state index contributed by atoms with van der Waals surface area (Å²) in [6.45, 7) is 1.42. The minimum absolute atomic E-state index is 0.0974. The molecule has 2 N–H and O–H groups in total. The minimum atomic E-state index is -4.95. The van der Waals surface area contributed by atoms with E-state index in [1.165, 1.54) is 13.0 Å². The number of nitrogens with zero attached hydrogens (tertiary/aromatic N) is 2. The van der Waals surface area contributed by atoms with E-state index in [4.69, 9.17) is 11.6 Å². The molecule has 13 heteroatoms. The van der Waals surface area contributed by atoms with Crippen LogP contribution in [0.4, 0.5) is 27.8 Å². The normalized spacial score (nSPS) is 13.3. The zero-order chi connectivity index (χ0) is 23.1. The molecule has 0 saturated carbocycles. The van der Waals surface area contributed by atoms with Crippen molar-refractivity contribution >= 4 is 27.3 Å². The Labute approximate surface area is 178 Å². The molecule has 1 unspecified atom stereocenters. The maximum Gasteiger partial charge on any atom is 0.420 e. The Bertz CT molecular complexity index is 1240. The molecule has 3 rings (SSSR count). The highest BCUT2D eigenvalue weighted by atomic mass is 35.5. The van der Waals surface area contributed by atoms with Gasteiger partial charge in [-0.25, -0.2) is 27.2 Å². The van der Waals surface area contributed by atoms with Crippen molar-refractivity contribution in [3.63, 3.8) is 0 Å². The summed E-state index contributed by atoms with van der Waals surface area (Å²) >= 11 is 5.81. The molecule has 1 aromatic carbocycles. The van der Waals surface area contributed by atoms with Gasteiger partial charge in [-0.15, -0.1) is 0 Å². The van der Waals surface area contributed by atoms with Gasteiger partial charge >= 0.3 is 6.18 Å². The Morgan fingerprint density at radius 2 is 1.87 bits per heavy atom. The number of benzene rings is 1. The molecule has 31 heavy (non-hydrogen) atoms. The molecule has 2 heterocycles. The molecule has 0 spiro atoms. The van der Waals surface area contributed by atoms with Crippen LogP contribution in [0.5, 0.6) is 0 Å². The molecule has 2 aromatic heterocycles. The van der Waals surface area contributed by atoms with E-state index >= 15 is 0 Å². The Hall–Kier alpha value is -2.73. The van der Waals surface area contributed by atoms with Crippen LogP contribution in [0.15, 0.2) is 35.5 Å². The highest BCUT2D eigenvalue weighted by molar-refractivity contribution is 7.90. The van der Waals surface area contributed by atoms with Gasteiger partial charge in [-0.3, -0.25) is 0 Å². The van der Waals surface area contributed by atoms with Gasteiger partial charge < -0.3 is 10.3 Å². The predicted octanol–water partition coefficient (Wildman–Crippen LogP) is 4.67. The monoisotopic (exact) mass is 480 g/mol. The number of H-pyrrole nitrogens is 1. The lowest BCUT2D eigenvalue weighted by atomic mass is 10.1. The van der Waals surface area contributed by atoms with Crippen LogP contribution in [0.2, 0.25) is 5.02 Å². The Morgan fingerprint density at radius 3 is 2.42 bits per heavy atom. The van der Waals surface area contributed by atoms with Crippen molar-refractivity contribution in [3.8, 4) is 0 Å². The number of hydrogen-bond acceptors (Lipinski definition) is 5. The molecule has 0 saturated heterocycles. The number of halogens is 6. The van der Waals surface area contributed by atoms with Gasteiger partial charge in [-0.2, -0.15) is 13.2 Å². The lowest BCUT2D eigenvalue weighted by molar-refractivity contribution is -0.137. The van der Waals surface area contributed by atoms with E-state index < -0.39 is 45.1 Å². The van der Waals surface area contributed by atoms with Crippen LogP contribution in [0.3, 0.4) is 0 Å². The summed E-state index contributed by atoms with van der Waals surface area (Å²) in [7, 11) is -3.75. The molecule has 0 aliphatic heterocycles. The second kappa shape index (κ2) is 8.08. The highest BCUT2D eigenvalue weighted by Gasteiger charge is 2.36. The molecule has 166 valence electrons. The van der Waals surface area contributed by atoms with Gasteiger partial charge in [-0.1, -0.05) is 17.7 Å². The largest absolute Gasteiger partial charge is 0.420 e. The third-order valence-electron chi connectivity index (χ3n) is 4.20. The Morgan fingerprint density at radius 1 is 1.19 bits per heavy atom. The molecule has 0 fully saturated rings. The third-order valence-corrected chi connectivity index (χ3v) is 5.59. The molecule has 6 nitrogen and oxygen atoms in total. The topological polar surface area (TPSA) is 87.7 Å². The second-order valence-corrected chi connectivity index (χ2v) is 8.96. The van der Waals surface area contributed by atoms with Crippen LogP contribution < -0.4 is 5.32 Å². The zero-order valence-corrected chi connectivity index (χ0v) is 17.4. The van der Waals surface area contributed by atoms with Crippen LogP contribution in [-0.4, -0.2) is 29.6 Å². The predicted molar refractivity (Wildman–Crippen MR) is 103 cm³/mol. The van der Waals surface area contributed by atoms with E-state index in [9.17, 15) is 30.4 Å². The van der Waals surface area contributed by atoms with Crippen molar-refractivity contribution in [1.29, 1.82) is 0 Å². The molecule has 0 radical (unpaired) electrons. The first-order valence-corrected chi connectivity index (χ1v) is 10.7. The number of aryl methyl sites for hydroxylation is 1. The fourth-order valence-electron chi connectivity index (χ4n) is 2.87. The smallest absolute Gasteiger partial charge is 0.356 e. The highest BCUT2D eigenvalue weighted by Crippen LogP contribution is 2.37. The molecule has 0 bridgehead atoms. The number of aromatic nitrogens is 3. The van der Waals surface area contributed by atoms with Crippen molar-refractivity contribution < 1.29 is 30.4 Å². The van der Waals surface area contributed by atoms with Gasteiger partial charge in [0.1, 0.15) is 34.9 Å². The molecule has 0 amide bonds. The van der Waals surface area contributed by atoms with Crippen molar-refractivity contribution in [2.45, 2.75) is 24.2 Å². The van der Waals surface area contributed by atoms with E-state index in [-0.39, 0.29) is 33.2 Å². The lowest BCUT2D eigenvalue weighted by Gasteiger charge is -2.21. The average molecular weight is 481 g/mol. The van der Waals surface area contributed by atoms with Crippen LogP contribution in [0, 0.1) is 18.6 Å². The fourth-order valence-corrected chi connectivity index (χ4v) is 3.93. The van der Waals surface area contributed by atoms with Gasteiger partial charge in [0, 0.05) is 6.26 Å². The summed E-state index contributed by atoms with van der Waals surface area (Å²) in [4.78, 5) is 10.2. The first kappa shape index (κ1) is 22.9. The molecule has 1 atom stereocenters. The zero-order valence-electron chi connectivity index (χ0n) is 15.9. The van der Waals surface area contributed by atoms with Crippen molar-refractivity contribution in [1.82, 2.24) is 15.0 Å². The van der Waals surface area contributed by atoms with Gasteiger partial charge in [-0.05, 0) is 30.7 Å². The summed E-state index contributed by atoms with van der Waals surface area (Å²) in [5, 5.41) is 1.85. The molecular weight excluding hydrogens is 467 g/mol. The number of anilines is 1. The minimum Gasteiger partial charge on any atom is -0.356 e. The first-order valence-electron chi connectivity index (χ1n) is 8.48. The van der Waals surface area contributed by atoms with E-state index in [1.807, 2.05) is 0 Å². The summed E-state index contributed by atoms with van der Waals surface area (Å²) in [5.41, 5.74) is -1.10. The summed E-state index contributed by atoms with van der Waals surface area (Å²) < 4.78 is 91.1. The standard InChI is InChI=1S/C18H14ClF5N4O2S/c1-8-17(31(2,29)30)28-16(26-8)14(9-3-4-13(21)12(19)5-9)27-15-11(18(22,23)24)6-10(20)7-25-15/h3-7,14H,1-2H3,(H,25,27)(H,26,28). The summed E-state index contributed by atoms with van der Waals surface area (Å²) in [5.74, 6) is -2.81. The number of rotatable bonds is 5. The van der Waals surface area contributed by atoms with E-state index in [2.05, 4.69) is 20.3 Å². The summed E-state index contributed by atoms with van der Waals surface area (Å²) in [6.07, 6.45) is -3.44. The van der Waals surface area contributed by atoms with Crippen LogP contribution in [0.25, 0.3) is 0 Å². The Kier molecular flexibility index (Phi) is 5.98. The number of sulfone groups is 1. The van der Waals surface area contributed by atoms with Crippen molar-refractivity contribution in [2.75, 3.05) is 11.6 Å². The van der Waals surface area contributed by atoms with Crippen LogP contribution >= 0.6 is 11.6 Å². The van der Waals surface area contributed by atoms with Gasteiger partial charge in [0.05, 0.1) is 16.9 Å². The number of nitrogens with one attached hydrogen (secondary N) is 2. The number of alkyl halides is 3. The first-order chi connectivity index (χ1) is 14.3. The second-order valence-electron chi connectivity index (χ2n) is 6.62. The van der Waals surface area contributed by atoms with Crippen LogP contribution in [-0.2, 0) is 16.0 Å². The fraction of sp³-hybridized carbons (Fsp3) is 0.222. The molecular formula is C18H14ClF5N4O2S. The quantitative estimate of drug-likeness (QED) is 0.518. The number of aromatic amines is 1. The van der Waals surface area contributed by atoms with E-state index in [0.717, 1.165) is 18.4 Å². The Balaban J connectivity index is 2.18. The average Bonchev–Trinajstić information content (AvgIpc) is 3.04. The van der Waals surface area contributed by atoms with Gasteiger partial charge in [0.25, 0.3) is 0 Å². The maximum atomic E-state index is 13.6. The maximum absolute atomic E-state index is 13.6. The summed E-state index contributed by atoms with van der Waals surface area (Å²) in [6, 6.07) is 2.37.